The van der Waals surface area contributed by atoms with Gasteiger partial charge >= 0.3 is 5.97 Å². The highest BCUT2D eigenvalue weighted by Crippen LogP contribution is 2.40. The summed E-state index contributed by atoms with van der Waals surface area (Å²) in [6.07, 6.45) is 5.75. The van der Waals surface area contributed by atoms with E-state index in [1.807, 2.05) is 16.7 Å². The van der Waals surface area contributed by atoms with Crippen LogP contribution in [0.4, 0.5) is 0 Å². The number of nitrogens with zero attached hydrogens (tertiary/aromatic N) is 2. The maximum absolute atomic E-state index is 11.6. The molecule has 1 N–H and O–H groups in total. The summed E-state index contributed by atoms with van der Waals surface area (Å²) in [5, 5.41) is 9.52. The molecule has 0 spiro atoms. The second kappa shape index (κ2) is 5.44. The van der Waals surface area contributed by atoms with Gasteiger partial charge in [-0.05, 0) is 19.8 Å². The molecule has 0 saturated heterocycles. The minimum absolute atomic E-state index is 0.200. The first-order valence-electron chi connectivity index (χ1n) is 8.19. The van der Waals surface area contributed by atoms with Crippen molar-refractivity contribution in [2.24, 2.45) is 0 Å². The topological polar surface area (TPSA) is 73.6 Å². The molecule has 0 radical (unpaired) electrons. The van der Waals surface area contributed by atoms with E-state index in [-0.39, 0.29) is 6.79 Å². The Labute approximate surface area is 134 Å². The van der Waals surface area contributed by atoms with Crippen LogP contribution in [0.25, 0.3) is 11.0 Å². The Kier molecular flexibility index (Phi) is 3.39. The quantitative estimate of drug-likeness (QED) is 0.938. The van der Waals surface area contributed by atoms with Crippen molar-refractivity contribution in [3.05, 3.63) is 18.0 Å². The molecule has 6 heteroatoms. The standard InChI is InChI=1S/C17H20N2O4/c1-10(17(20)21)19-13-8-15-14(22-9-23-15)7-12(13)18-16(19)11-5-3-2-4-6-11/h7-8,10-11H,2-6,9H2,1H3,(H,20,21). The van der Waals surface area contributed by atoms with Gasteiger partial charge in [0.15, 0.2) is 11.5 Å². The summed E-state index contributed by atoms with van der Waals surface area (Å²) in [6.45, 7) is 1.91. The lowest BCUT2D eigenvalue weighted by Crippen LogP contribution is -2.20. The largest absolute Gasteiger partial charge is 0.480 e. The van der Waals surface area contributed by atoms with Crippen LogP contribution in [0.3, 0.4) is 0 Å². The number of hydrogen-bond donors (Lipinski definition) is 1. The lowest BCUT2D eigenvalue weighted by molar-refractivity contribution is -0.140. The van der Waals surface area contributed by atoms with Crippen molar-refractivity contribution >= 4 is 17.0 Å². The van der Waals surface area contributed by atoms with Gasteiger partial charge in [-0.3, -0.25) is 0 Å². The number of carbonyl (C=O) groups is 1. The van der Waals surface area contributed by atoms with Gasteiger partial charge in [-0.25, -0.2) is 9.78 Å². The zero-order valence-corrected chi connectivity index (χ0v) is 13.1. The van der Waals surface area contributed by atoms with Gasteiger partial charge in [0.1, 0.15) is 11.9 Å². The van der Waals surface area contributed by atoms with E-state index in [0.717, 1.165) is 29.7 Å². The summed E-state index contributed by atoms with van der Waals surface area (Å²) in [5.74, 6) is 1.71. The van der Waals surface area contributed by atoms with Gasteiger partial charge in [0.2, 0.25) is 6.79 Å². The fourth-order valence-corrected chi connectivity index (χ4v) is 3.67. The van der Waals surface area contributed by atoms with Crippen molar-refractivity contribution in [1.82, 2.24) is 9.55 Å². The van der Waals surface area contributed by atoms with Gasteiger partial charge in [-0.2, -0.15) is 0 Å². The van der Waals surface area contributed by atoms with Gasteiger partial charge in [-0.1, -0.05) is 19.3 Å². The molecule has 6 nitrogen and oxygen atoms in total. The number of imidazole rings is 1. The zero-order valence-electron chi connectivity index (χ0n) is 13.1. The van der Waals surface area contributed by atoms with Crippen LogP contribution in [0.5, 0.6) is 11.5 Å². The first-order valence-corrected chi connectivity index (χ1v) is 8.19. The third-order valence-electron chi connectivity index (χ3n) is 4.93. The molecule has 1 aromatic heterocycles. The molecule has 1 fully saturated rings. The molecule has 1 aliphatic carbocycles. The lowest BCUT2D eigenvalue weighted by Gasteiger charge is -2.23. The number of carboxylic acid groups (broad SMARTS) is 1. The molecular weight excluding hydrogens is 296 g/mol. The summed E-state index contributed by atoms with van der Waals surface area (Å²) in [5.41, 5.74) is 1.59. The Bertz CT molecular complexity index is 762. The van der Waals surface area contributed by atoms with Crippen molar-refractivity contribution in [3.63, 3.8) is 0 Å². The molecular formula is C17H20N2O4. The molecule has 1 saturated carbocycles. The van der Waals surface area contributed by atoms with E-state index < -0.39 is 12.0 Å². The molecule has 2 heterocycles. The maximum atomic E-state index is 11.6. The van der Waals surface area contributed by atoms with E-state index in [1.54, 1.807) is 6.92 Å². The molecule has 122 valence electrons. The highest BCUT2D eigenvalue weighted by atomic mass is 16.7. The van der Waals surface area contributed by atoms with Crippen molar-refractivity contribution in [2.45, 2.75) is 51.0 Å². The monoisotopic (exact) mass is 316 g/mol. The SMILES string of the molecule is CC(C(=O)O)n1c(C2CCCCC2)nc2cc3c(cc21)OCO3. The van der Waals surface area contributed by atoms with E-state index >= 15 is 0 Å². The van der Waals surface area contributed by atoms with Gasteiger partial charge in [0.25, 0.3) is 0 Å². The zero-order chi connectivity index (χ0) is 16.0. The van der Waals surface area contributed by atoms with E-state index in [2.05, 4.69) is 0 Å². The second-order valence-corrected chi connectivity index (χ2v) is 6.38. The highest BCUT2D eigenvalue weighted by Gasteiger charge is 2.28. The number of carboxylic acids is 1. The lowest BCUT2D eigenvalue weighted by atomic mass is 9.88. The van der Waals surface area contributed by atoms with Crippen LogP contribution < -0.4 is 9.47 Å². The molecule has 0 bridgehead atoms. The Morgan fingerprint density at radius 1 is 1.26 bits per heavy atom. The Balaban J connectivity index is 1.89. The van der Waals surface area contributed by atoms with Crippen LogP contribution in [0.2, 0.25) is 0 Å². The van der Waals surface area contributed by atoms with Crippen molar-refractivity contribution < 1.29 is 19.4 Å². The molecule has 2 aromatic rings. The Hall–Kier alpha value is -2.24. The van der Waals surface area contributed by atoms with E-state index in [9.17, 15) is 9.90 Å². The Morgan fingerprint density at radius 2 is 1.96 bits per heavy atom. The number of aromatic nitrogens is 2. The molecule has 4 rings (SSSR count). The minimum atomic E-state index is -0.848. The Morgan fingerprint density at radius 3 is 2.65 bits per heavy atom. The summed E-state index contributed by atoms with van der Waals surface area (Å²) < 4.78 is 12.7. The second-order valence-electron chi connectivity index (χ2n) is 6.38. The van der Waals surface area contributed by atoms with Crippen LogP contribution in [-0.4, -0.2) is 27.4 Å². The van der Waals surface area contributed by atoms with Gasteiger partial charge in [0, 0.05) is 18.1 Å². The summed E-state index contributed by atoms with van der Waals surface area (Å²) in [4.78, 5) is 16.4. The van der Waals surface area contributed by atoms with E-state index in [0.29, 0.717) is 17.4 Å². The number of ether oxygens (including phenoxy) is 2. The number of benzene rings is 1. The average molecular weight is 316 g/mol. The van der Waals surface area contributed by atoms with Crippen LogP contribution in [0, 0.1) is 0 Å². The third kappa shape index (κ3) is 2.33. The smallest absolute Gasteiger partial charge is 0.326 e. The number of hydrogen-bond acceptors (Lipinski definition) is 4. The average Bonchev–Trinajstić information content (AvgIpc) is 3.16. The molecule has 2 aliphatic rings. The van der Waals surface area contributed by atoms with Gasteiger partial charge in [0.05, 0.1) is 11.0 Å². The van der Waals surface area contributed by atoms with E-state index in [1.165, 1.54) is 19.3 Å². The van der Waals surface area contributed by atoms with Crippen LogP contribution in [0.15, 0.2) is 12.1 Å². The first kappa shape index (κ1) is 14.4. The van der Waals surface area contributed by atoms with Gasteiger partial charge < -0.3 is 19.1 Å². The molecule has 1 atom stereocenters. The van der Waals surface area contributed by atoms with E-state index in [4.69, 9.17) is 14.5 Å². The molecule has 1 unspecified atom stereocenters. The molecule has 1 aromatic carbocycles. The number of rotatable bonds is 3. The maximum Gasteiger partial charge on any atom is 0.326 e. The summed E-state index contributed by atoms with van der Waals surface area (Å²) >= 11 is 0. The number of aliphatic carboxylic acids is 1. The fourth-order valence-electron chi connectivity index (χ4n) is 3.67. The summed E-state index contributed by atoms with van der Waals surface area (Å²) in [7, 11) is 0. The summed E-state index contributed by atoms with van der Waals surface area (Å²) in [6, 6.07) is 3.06. The highest BCUT2D eigenvalue weighted by molar-refractivity contribution is 5.83. The van der Waals surface area contributed by atoms with Crippen LogP contribution >= 0.6 is 0 Å². The molecule has 0 amide bonds. The van der Waals surface area contributed by atoms with Crippen molar-refractivity contribution in [2.75, 3.05) is 6.79 Å². The minimum Gasteiger partial charge on any atom is -0.480 e. The van der Waals surface area contributed by atoms with Crippen molar-refractivity contribution in [3.8, 4) is 11.5 Å². The molecule has 23 heavy (non-hydrogen) atoms. The van der Waals surface area contributed by atoms with Crippen LogP contribution in [-0.2, 0) is 4.79 Å². The number of fused-ring (bicyclic) bond motifs is 2. The van der Waals surface area contributed by atoms with Crippen LogP contribution in [0.1, 0.15) is 56.8 Å². The normalized spacial score (nSPS) is 19.2. The third-order valence-corrected chi connectivity index (χ3v) is 4.93. The molecule has 1 aliphatic heterocycles. The van der Waals surface area contributed by atoms with Crippen molar-refractivity contribution in [1.29, 1.82) is 0 Å². The predicted molar refractivity (Wildman–Crippen MR) is 84.0 cm³/mol. The van der Waals surface area contributed by atoms with Gasteiger partial charge in [-0.15, -0.1) is 0 Å². The first-order chi connectivity index (χ1) is 11.1. The fraction of sp³-hybridized carbons (Fsp3) is 0.529. The predicted octanol–water partition coefficient (Wildman–Crippen LogP) is 3.46.